The molecule has 2 fully saturated rings. The van der Waals surface area contributed by atoms with Crippen LogP contribution in [0.15, 0.2) is 35.3 Å². The van der Waals surface area contributed by atoms with Crippen LogP contribution in [0.5, 0.6) is 5.75 Å². The van der Waals surface area contributed by atoms with Gasteiger partial charge >= 0.3 is 0 Å². The number of rotatable bonds is 6. The molecule has 1 aromatic rings. The van der Waals surface area contributed by atoms with E-state index in [0.717, 1.165) is 50.5 Å². The highest BCUT2D eigenvalue weighted by Gasteiger charge is 2.45. The lowest BCUT2D eigenvalue weighted by molar-refractivity contribution is 0.129. The second-order valence-corrected chi connectivity index (χ2v) is 9.73. The highest BCUT2D eigenvalue weighted by molar-refractivity contribution is 14.0. The normalized spacial score (nSPS) is 19.9. The number of likely N-dealkylation sites (tertiary alicyclic amines) is 1. The monoisotopic (exact) mass is 507 g/mol. The van der Waals surface area contributed by atoms with Crippen molar-refractivity contribution in [2.24, 2.45) is 10.4 Å². The SMILES string of the molecule is CN=C(NCC1(CS(C)(=O)=O)CC1)N1CCC(Oc2ccccc2)CC1.I. The first-order valence-corrected chi connectivity index (χ1v) is 11.3. The van der Waals surface area contributed by atoms with Gasteiger partial charge in [0.25, 0.3) is 0 Å². The maximum absolute atomic E-state index is 11.6. The Morgan fingerprint density at radius 2 is 1.89 bits per heavy atom. The minimum absolute atomic E-state index is 0. The molecule has 0 spiro atoms. The molecule has 1 aliphatic heterocycles. The first-order valence-electron chi connectivity index (χ1n) is 9.24. The molecule has 6 nitrogen and oxygen atoms in total. The van der Waals surface area contributed by atoms with Crippen LogP contribution in [0.4, 0.5) is 0 Å². The van der Waals surface area contributed by atoms with Gasteiger partial charge in [0.1, 0.15) is 21.7 Å². The predicted molar refractivity (Wildman–Crippen MR) is 120 cm³/mol. The van der Waals surface area contributed by atoms with Gasteiger partial charge in [0.2, 0.25) is 0 Å². The molecule has 3 rings (SSSR count). The smallest absolute Gasteiger partial charge is 0.193 e. The van der Waals surface area contributed by atoms with Gasteiger partial charge < -0.3 is 15.0 Å². The van der Waals surface area contributed by atoms with Crippen molar-refractivity contribution in [3.63, 3.8) is 0 Å². The van der Waals surface area contributed by atoms with Gasteiger partial charge in [-0.15, -0.1) is 24.0 Å². The molecule has 8 heteroatoms. The van der Waals surface area contributed by atoms with Crippen LogP contribution in [0.1, 0.15) is 25.7 Å². The number of ether oxygens (including phenoxy) is 1. The average molecular weight is 507 g/mol. The summed E-state index contributed by atoms with van der Waals surface area (Å²) in [7, 11) is -1.16. The molecule has 0 bridgehead atoms. The van der Waals surface area contributed by atoms with E-state index in [9.17, 15) is 8.42 Å². The van der Waals surface area contributed by atoms with Gasteiger partial charge in [-0.05, 0) is 25.0 Å². The summed E-state index contributed by atoms with van der Waals surface area (Å²) in [5.74, 6) is 2.05. The van der Waals surface area contributed by atoms with Gasteiger partial charge in [0, 0.05) is 51.2 Å². The van der Waals surface area contributed by atoms with Crippen molar-refractivity contribution in [1.82, 2.24) is 10.2 Å². The van der Waals surface area contributed by atoms with Crippen molar-refractivity contribution >= 4 is 39.8 Å². The first kappa shape index (κ1) is 22.3. The third-order valence-corrected chi connectivity index (χ3v) is 6.28. The second kappa shape index (κ2) is 9.45. The van der Waals surface area contributed by atoms with E-state index in [1.54, 1.807) is 7.05 Å². The highest BCUT2D eigenvalue weighted by Crippen LogP contribution is 2.46. The zero-order valence-electron chi connectivity index (χ0n) is 16.1. The predicted octanol–water partition coefficient (Wildman–Crippen LogP) is 2.55. The maximum Gasteiger partial charge on any atom is 0.193 e. The Morgan fingerprint density at radius 1 is 1.26 bits per heavy atom. The third kappa shape index (κ3) is 6.81. The topological polar surface area (TPSA) is 71.0 Å². The van der Waals surface area contributed by atoms with Crippen LogP contribution in [0.25, 0.3) is 0 Å². The summed E-state index contributed by atoms with van der Waals surface area (Å²) >= 11 is 0. The highest BCUT2D eigenvalue weighted by atomic mass is 127. The summed E-state index contributed by atoms with van der Waals surface area (Å²) in [5, 5.41) is 3.40. The van der Waals surface area contributed by atoms with Crippen molar-refractivity contribution in [2.45, 2.75) is 31.8 Å². The number of nitrogens with zero attached hydrogens (tertiary/aromatic N) is 2. The maximum atomic E-state index is 11.6. The van der Waals surface area contributed by atoms with E-state index in [4.69, 9.17) is 4.74 Å². The van der Waals surface area contributed by atoms with E-state index in [1.807, 2.05) is 30.3 Å². The molecule has 0 amide bonds. The number of para-hydroxylation sites is 1. The Labute approximate surface area is 179 Å². The van der Waals surface area contributed by atoms with Gasteiger partial charge in [-0.3, -0.25) is 4.99 Å². The molecule has 152 valence electrons. The molecule has 1 aromatic carbocycles. The quantitative estimate of drug-likeness (QED) is 0.364. The molecular formula is C19H30IN3O3S. The number of nitrogens with one attached hydrogen (secondary N) is 1. The Balaban J connectivity index is 0.00000261. The molecule has 0 aromatic heterocycles. The van der Waals surface area contributed by atoms with Gasteiger partial charge in [-0.25, -0.2) is 8.42 Å². The van der Waals surface area contributed by atoms with Crippen LogP contribution in [0, 0.1) is 5.41 Å². The van der Waals surface area contributed by atoms with E-state index < -0.39 is 9.84 Å². The zero-order valence-corrected chi connectivity index (χ0v) is 19.2. The molecule has 1 aliphatic carbocycles. The molecular weight excluding hydrogens is 477 g/mol. The number of hydrogen-bond acceptors (Lipinski definition) is 4. The number of hydrogen-bond donors (Lipinski definition) is 1. The van der Waals surface area contributed by atoms with Crippen molar-refractivity contribution in [2.75, 3.05) is 38.7 Å². The first-order chi connectivity index (χ1) is 12.4. The zero-order chi connectivity index (χ0) is 18.6. The fourth-order valence-corrected chi connectivity index (χ4v) is 5.08. The molecule has 27 heavy (non-hydrogen) atoms. The molecule has 0 atom stereocenters. The summed E-state index contributed by atoms with van der Waals surface area (Å²) in [6, 6.07) is 9.94. The standard InChI is InChI=1S/C19H29N3O3S.HI/c1-20-18(21-14-19(10-11-19)15-26(2,23)24)22-12-8-17(9-13-22)25-16-6-4-3-5-7-16;/h3-7,17H,8-15H2,1-2H3,(H,20,21);1H. The molecule has 1 saturated carbocycles. The summed E-state index contributed by atoms with van der Waals surface area (Å²) in [5.41, 5.74) is -0.0989. The average Bonchev–Trinajstić information content (AvgIpc) is 3.35. The van der Waals surface area contributed by atoms with Crippen LogP contribution in [0.3, 0.4) is 0 Å². The number of halogens is 1. The van der Waals surface area contributed by atoms with Gasteiger partial charge in [0.15, 0.2) is 5.96 Å². The van der Waals surface area contributed by atoms with Crippen molar-refractivity contribution in [3.8, 4) is 5.75 Å². The van der Waals surface area contributed by atoms with E-state index in [1.165, 1.54) is 6.26 Å². The molecule has 1 saturated heterocycles. The Kier molecular flexibility index (Phi) is 7.79. The fourth-order valence-electron chi connectivity index (χ4n) is 3.58. The molecule has 0 unspecified atom stereocenters. The van der Waals surface area contributed by atoms with E-state index in [0.29, 0.717) is 6.54 Å². The second-order valence-electron chi connectivity index (χ2n) is 7.59. The lowest BCUT2D eigenvalue weighted by atomic mass is 10.1. The van der Waals surface area contributed by atoms with Crippen molar-refractivity contribution in [1.29, 1.82) is 0 Å². The Hall–Kier alpha value is -1.03. The van der Waals surface area contributed by atoms with Crippen LogP contribution in [0.2, 0.25) is 0 Å². The van der Waals surface area contributed by atoms with Gasteiger partial charge in [0.05, 0.1) is 5.75 Å². The molecule has 1 N–H and O–H groups in total. The number of guanidine groups is 1. The van der Waals surface area contributed by atoms with Crippen LogP contribution in [-0.4, -0.2) is 64.1 Å². The summed E-state index contributed by atoms with van der Waals surface area (Å²) < 4.78 is 29.3. The molecule has 1 heterocycles. The largest absolute Gasteiger partial charge is 0.490 e. The Bertz CT molecular complexity index is 728. The van der Waals surface area contributed by atoms with Crippen LogP contribution >= 0.6 is 24.0 Å². The minimum atomic E-state index is -2.95. The third-order valence-electron chi connectivity index (χ3n) is 5.15. The number of piperidine rings is 1. The molecule has 2 aliphatic rings. The van der Waals surface area contributed by atoms with E-state index in [2.05, 4.69) is 15.2 Å². The van der Waals surface area contributed by atoms with Gasteiger partial charge in [-0.2, -0.15) is 0 Å². The summed E-state index contributed by atoms with van der Waals surface area (Å²) in [4.78, 5) is 6.63. The lowest BCUT2D eigenvalue weighted by Crippen LogP contribution is -2.49. The summed E-state index contributed by atoms with van der Waals surface area (Å²) in [6.07, 6.45) is 5.38. The van der Waals surface area contributed by atoms with E-state index in [-0.39, 0.29) is 41.2 Å². The van der Waals surface area contributed by atoms with E-state index >= 15 is 0 Å². The summed E-state index contributed by atoms with van der Waals surface area (Å²) in [6.45, 7) is 2.44. The van der Waals surface area contributed by atoms with Crippen molar-refractivity contribution < 1.29 is 13.2 Å². The molecule has 0 radical (unpaired) electrons. The fraction of sp³-hybridized carbons (Fsp3) is 0.632. The Morgan fingerprint density at radius 3 is 2.41 bits per heavy atom. The minimum Gasteiger partial charge on any atom is -0.490 e. The number of benzene rings is 1. The van der Waals surface area contributed by atoms with Crippen LogP contribution in [-0.2, 0) is 9.84 Å². The number of sulfone groups is 1. The van der Waals surface area contributed by atoms with Crippen LogP contribution < -0.4 is 10.1 Å². The lowest BCUT2D eigenvalue weighted by Gasteiger charge is -2.34. The number of aliphatic imine (C=N–C) groups is 1. The van der Waals surface area contributed by atoms with Gasteiger partial charge in [-0.1, -0.05) is 18.2 Å². The van der Waals surface area contributed by atoms with Crippen molar-refractivity contribution in [3.05, 3.63) is 30.3 Å².